The Balaban J connectivity index is 1.55. The zero-order chi connectivity index (χ0) is 28.7. The average Bonchev–Trinajstić information content (AvgIpc) is 3.69. The molecule has 0 nitrogen and oxygen atoms in total. The molecule has 0 saturated heterocycles. The van der Waals surface area contributed by atoms with Crippen LogP contribution >= 0.6 is 22.7 Å². The first-order chi connectivity index (χ1) is 20.1. The van der Waals surface area contributed by atoms with Crippen LogP contribution in [0.25, 0.3) is 32.0 Å². The van der Waals surface area contributed by atoms with Gasteiger partial charge >= 0.3 is 0 Å². The van der Waals surface area contributed by atoms with Crippen LogP contribution in [0.3, 0.4) is 0 Å². The summed E-state index contributed by atoms with van der Waals surface area (Å²) in [6, 6.07) is 24.1. The molecule has 0 saturated carbocycles. The number of fused-ring (bicyclic) bond motifs is 3. The highest BCUT2D eigenvalue weighted by Crippen LogP contribution is 2.56. The fourth-order valence-electron chi connectivity index (χ4n) is 7.06. The first-order valence-electron chi connectivity index (χ1n) is 16.5. The van der Waals surface area contributed by atoms with Gasteiger partial charge in [0, 0.05) is 24.9 Å². The average molecular weight is 583 g/mol. The molecule has 2 aromatic carbocycles. The van der Waals surface area contributed by atoms with Crippen molar-refractivity contribution in [2.45, 2.75) is 123 Å². The maximum atomic E-state index is 2.60. The number of hydrogen-bond donors (Lipinski definition) is 0. The molecule has 2 heterocycles. The number of rotatable bonds is 16. The molecule has 5 rings (SSSR count). The van der Waals surface area contributed by atoms with Crippen LogP contribution < -0.4 is 0 Å². The van der Waals surface area contributed by atoms with E-state index in [1.807, 2.05) is 22.7 Å². The fraction of sp³-hybridized carbons (Fsp3) is 0.487. The molecule has 0 fully saturated rings. The minimum atomic E-state index is 0.116. The highest BCUT2D eigenvalue weighted by Gasteiger charge is 2.42. The van der Waals surface area contributed by atoms with E-state index in [1.165, 1.54) is 132 Å². The molecule has 0 atom stereocenters. The van der Waals surface area contributed by atoms with E-state index in [-0.39, 0.29) is 5.41 Å². The number of unbranched alkanes of at least 4 members (excludes halogenated alkanes) is 10. The SMILES string of the molecule is CCCCCCCCC1(CCCCCCCC)c2cc(-c3ccc(C)s3)ccc2-c2ccc(-c3ccc(C)s3)cc21. The molecule has 0 amide bonds. The van der Waals surface area contributed by atoms with Gasteiger partial charge in [0.15, 0.2) is 0 Å². The van der Waals surface area contributed by atoms with E-state index in [9.17, 15) is 0 Å². The third-order valence-corrected chi connectivity index (χ3v) is 11.4. The Labute approximate surface area is 258 Å². The Morgan fingerprint density at radius 2 is 0.902 bits per heavy atom. The summed E-state index contributed by atoms with van der Waals surface area (Å²) in [5, 5.41) is 0. The second-order valence-electron chi connectivity index (χ2n) is 12.5. The van der Waals surface area contributed by atoms with Crippen LogP contribution in [0, 0.1) is 13.8 Å². The monoisotopic (exact) mass is 582 g/mol. The van der Waals surface area contributed by atoms with Crippen LogP contribution in [-0.4, -0.2) is 0 Å². The number of thiophene rings is 2. The molecule has 1 aliphatic rings. The molecule has 0 N–H and O–H groups in total. The van der Waals surface area contributed by atoms with Crippen molar-refractivity contribution < 1.29 is 0 Å². The Bertz CT molecular complexity index is 1290. The van der Waals surface area contributed by atoms with Crippen molar-refractivity contribution in [3.63, 3.8) is 0 Å². The van der Waals surface area contributed by atoms with E-state index >= 15 is 0 Å². The lowest BCUT2D eigenvalue weighted by molar-refractivity contribution is 0.398. The summed E-state index contributed by atoms with van der Waals surface area (Å²) in [5.74, 6) is 0. The number of benzene rings is 2. The largest absolute Gasteiger partial charge is 0.141 e. The van der Waals surface area contributed by atoms with Gasteiger partial charge in [0.1, 0.15) is 0 Å². The van der Waals surface area contributed by atoms with Crippen molar-refractivity contribution in [2.24, 2.45) is 0 Å². The van der Waals surface area contributed by atoms with Gasteiger partial charge in [0.25, 0.3) is 0 Å². The molecular weight excluding hydrogens is 533 g/mol. The smallest absolute Gasteiger partial charge is 0.0345 e. The van der Waals surface area contributed by atoms with Crippen molar-refractivity contribution in [2.75, 3.05) is 0 Å². The minimum absolute atomic E-state index is 0.116. The quantitative estimate of drug-likeness (QED) is 0.115. The first-order valence-corrected chi connectivity index (χ1v) is 18.1. The Kier molecular flexibility index (Phi) is 10.6. The van der Waals surface area contributed by atoms with Crippen LogP contribution in [0.15, 0.2) is 60.7 Å². The second kappa shape index (κ2) is 14.3. The van der Waals surface area contributed by atoms with Crippen molar-refractivity contribution in [1.82, 2.24) is 0 Å². The van der Waals surface area contributed by atoms with Gasteiger partial charge in [-0.25, -0.2) is 0 Å². The molecule has 1 aliphatic carbocycles. The lowest BCUT2D eigenvalue weighted by Gasteiger charge is -2.33. The molecule has 0 aliphatic heterocycles. The first kappa shape index (κ1) is 30.3. The van der Waals surface area contributed by atoms with Crippen molar-refractivity contribution in [1.29, 1.82) is 0 Å². The lowest BCUT2D eigenvalue weighted by Crippen LogP contribution is -2.25. The zero-order valence-electron chi connectivity index (χ0n) is 26.0. The van der Waals surface area contributed by atoms with Crippen LogP contribution in [0.5, 0.6) is 0 Å². The summed E-state index contributed by atoms with van der Waals surface area (Å²) in [6.45, 7) is 9.10. The standard InChI is InChI=1S/C39H50S2/c1-5-7-9-11-13-15-25-39(26-16-14-12-10-8-6-2)35-27-31(37-23-17-29(3)40-37)19-21-33(35)34-22-20-32(28-36(34)39)38-24-18-30(4)41-38/h17-24,27-28H,5-16,25-26H2,1-4H3. The van der Waals surface area contributed by atoms with Crippen molar-refractivity contribution >= 4 is 22.7 Å². The molecule has 0 radical (unpaired) electrons. The predicted octanol–water partition coefficient (Wildman–Crippen LogP) is 13.5. The zero-order valence-corrected chi connectivity index (χ0v) is 27.6. The Morgan fingerprint density at radius 1 is 0.488 bits per heavy atom. The van der Waals surface area contributed by atoms with E-state index in [1.54, 1.807) is 11.1 Å². The topological polar surface area (TPSA) is 0 Å². The molecule has 2 heteroatoms. The Hall–Kier alpha value is -2.16. The van der Waals surface area contributed by atoms with Gasteiger partial charge in [0.2, 0.25) is 0 Å². The summed E-state index contributed by atoms with van der Waals surface area (Å²) in [6.07, 6.45) is 18.8. The van der Waals surface area contributed by atoms with E-state index in [4.69, 9.17) is 0 Å². The van der Waals surface area contributed by atoms with Crippen molar-refractivity contribution in [3.8, 4) is 32.0 Å². The van der Waals surface area contributed by atoms with Gasteiger partial charge in [-0.15, -0.1) is 22.7 Å². The molecule has 41 heavy (non-hydrogen) atoms. The third kappa shape index (κ3) is 6.91. The predicted molar refractivity (Wildman–Crippen MR) is 185 cm³/mol. The van der Waals surface area contributed by atoms with E-state index in [0.717, 1.165) is 0 Å². The molecule has 0 bridgehead atoms. The number of hydrogen-bond acceptors (Lipinski definition) is 2. The van der Waals surface area contributed by atoms with Gasteiger partial charge < -0.3 is 0 Å². The van der Waals surface area contributed by atoms with Crippen LogP contribution in [0.2, 0.25) is 0 Å². The van der Waals surface area contributed by atoms with Gasteiger partial charge in [-0.1, -0.05) is 115 Å². The van der Waals surface area contributed by atoms with Gasteiger partial charge in [0.05, 0.1) is 0 Å². The van der Waals surface area contributed by atoms with Crippen molar-refractivity contribution in [3.05, 3.63) is 81.5 Å². The molecule has 218 valence electrons. The molecule has 4 aromatic rings. The molecular formula is C39H50S2. The van der Waals surface area contributed by atoms with E-state index in [2.05, 4.69) is 88.4 Å². The van der Waals surface area contributed by atoms with Crippen LogP contribution in [0.4, 0.5) is 0 Å². The second-order valence-corrected chi connectivity index (χ2v) is 15.0. The minimum Gasteiger partial charge on any atom is -0.141 e. The Morgan fingerprint density at radius 3 is 1.29 bits per heavy atom. The maximum absolute atomic E-state index is 2.60. The molecule has 0 unspecified atom stereocenters. The maximum Gasteiger partial charge on any atom is 0.0345 e. The highest BCUT2D eigenvalue weighted by atomic mass is 32.1. The normalized spacial score (nSPS) is 13.5. The summed E-state index contributed by atoms with van der Waals surface area (Å²) in [4.78, 5) is 5.60. The van der Waals surface area contributed by atoms with E-state index in [0.29, 0.717) is 0 Å². The summed E-state index contributed by atoms with van der Waals surface area (Å²) >= 11 is 3.86. The lowest BCUT2D eigenvalue weighted by atomic mass is 9.70. The number of aryl methyl sites for hydroxylation is 2. The van der Waals surface area contributed by atoms with Gasteiger partial charge in [-0.2, -0.15) is 0 Å². The highest BCUT2D eigenvalue weighted by molar-refractivity contribution is 7.15. The fourth-order valence-corrected chi connectivity index (χ4v) is 8.79. The van der Waals surface area contributed by atoms with Crippen LogP contribution in [-0.2, 0) is 5.41 Å². The van der Waals surface area contributed by atoms with E-state index < -0.39 is 0 Å². The molecule has 0 spiro atoms. The third-order valence-electron chi connectivity index (χ3n) is 9.32. The molecule has 2 aromatic heterocycles. The summed E-state index contributed by atoms with van der Waals surface area (Å²) in [7, 11) is 0. The summed E-state index contributed by atoms with van der Waals surface area (Å²) in [5.41, 5.74) is 9.12. The summed E-state index contributed by atoms with van der Waals surface area (Å²) < 4.78 is 0. The van der Waals surface area contributed by atoms with Crippen LogP contribution in [0.1, 0.15) is 125 Å². The van der Waals surface area contributed by atoms with Gasteiger partial charge in [-0.3, -0.25) is 0 Å². The van der Waals surface area contributed by atoms with Gasteiger partial charge in [-0.05, 0) is 96.5 Å².